The highest BCUT2D eigenvalue weighted by Gasteiger charge is 2.32. The highest BCUT2D eigenvalue weighted by atomic mass is 19.4. The number of aromatic nitrogens is 2. The number of nitrogens with one attached hydrogen (secondary N) is 1. The van der Waals surface area contributed by atoms with E-state index in [1.54, 1.807) is 11.9 Å². The Bertz CT molecular complexity index is 362. The van der Waals surface area contributed by atoms with Crippen molar-refractivity contribution in [3.05, 3.63) is 17.8 Å². The van der Waals surface area contributed by atoms with Gasteiger partial charge < -0.3 is 10.2 Å². The van der Waals surface area contributed by atoms with Gasteiger partial charge in [-0.25, -0.2) is 0 Å². The summed E-state index contributed by atoms with van der Waals surface area (Å²) in [4.78, 5) is 1.75. The molecule has 7 heteroatoms. The second kappa shape index (κ2) is 5.99. The summed E-state index contributed by atoms with van der Waals surface area (Å²) in [5.41, 5.74) is -0.972. The van der Waals surface area contributed by atoms with E-state index in [0.29, 0.717) is 18.4 Å². The fourth-order valence-electron chi connectivity index (χ4n) is 1.32. The van der Waals surface area contributed by atoms with Crippen molar-refractivity contribution in [3.63, 3.8) is 0 Å². The quantitative estimate of drug-likeness (QED) is 0.880. The van der Waals surface area contributed by atoms with Gasteiger partial charge >= 0.3 is 6.18 Å². The summed E-state index contributed by atoms with van der Waals surface area (Å²) >= 11 is 0. The molecule has 1 aromatic rings. The monoisotopic (exact) mass is 262 g/mol. The van der Waals surface area contributed by atoms with Crippen molar-refractivity contribution in [2.75, 3.05) is 25.0 Å². The van der Waals surface area contributed by atoms with Gasteiger partial charge in [-0.3, -0.25) is 0 Å². The van der Waals surface area contributed by atoms with E-state index in [9.17, 15) is 13.2 Å². The largest absolute Gasteiger partial charge is 0.435 e. The molecule has 0 aliphatic rings. The molecule has 0 aliphatic carbocycles. The Morgan fingerprint density at radius 2 is 1.94 bits per heavy atom. The highest BCUT2D eigenvalue weighted by molar-refractivity contribution is 5.36. The van der Waals surface area contributed by atoms with Gasteiger partial charge in [0.1, 0.15) is 0 Å². The maximum absolute atomic E-state index is 12.3. The van der Waals surface area contributed by atoms with Gasteiger partial charge in [-0.2, -0.15) is 13.2 Å². The van der Waals surface area contributed by atoms with Crippen LogP contribution >= 0.6 is 0 Å². The minimum Gasteiger partial charge on any atom is -0.357 e. The summed E-state index contributed by atoms with van der Waals surface area (Å²) in [7, 11) is 1.76. The maximum Gasteiger partial charge on any atom is 0.435 e. The molecule has 0 unspecified atom stereocenters. The zero-order valence-corrected chi connectivity index (χ0v) is 10.6. The molecule has 0 spiro atoms. The van der Waals surface area contributed by atoms with Crippen molar-refractivity contribution in [2.24, 2.45) is 0 Å². The third kappa shape index (κ3) is 4.48. The molecule has 4 nitrogen and oxygen atoms in total. The van der Waals surface area contributed by atoms with Crippen LogP contribution in [0, 0.1) is 0 Å². The first-order valence-electron chi connectivity index (χ1n) is 5.66. The van der Waals surface area contributed by atoms with Gasteiger partial charge in [0.05, 0.1) is 0 Å². The van der Waals surface area contributed by atoms with Crippen molar-refractivity contribution >= 4 is 5.82 Å². The van der Waals surface area contributed by atoms with Crippen molar-refractivity contribution < 1.29 is 13.2 Å². The first kappa shape index (κ1) is 14.7. The van der Waals surface area contributed by atoms with Gasteiger partial charge in [0.2, 0.25) is 0 Å². The Morgan fingerprint density at radius 3 is 2.39 bits per heavy atom. The summed E-state index contributed by atoms with van der Waals surface area (Å²) in [6.45, 7) is 5.44. The van der Waals surface area contributed by atoms with E-state index in [2.05, 4.69) is 15.5 Å². The average molecular weight is 262 g/mol. The predicted octanol–water partition coefficient (Wildman–Crippen LogP) is 1.93. The molecule has 1 aromatic heterocycles. The fraction of sp³-hybridized carbons (Fsp3) is 0.636. The molecule has 102 valence electrons. The molecule has 1 rings (SSSR count). The molecule has 0 bridgehead atoms. The third-order valence-electron chi connectivity index (χ3n) is 2.33. The third-order valence-corrected chi connectivity index (χ3v) is 2.33. The summed E-state index contributed by atoms with van der Waals surface area (Å²) in [6.07, 6.45) is -4.44. The van der Waals surface area contributed by atoms with Crippen LogP contribution in [0.1, 0.15) is 19.5 Å². The zero-order valence-electron chi connectivity index (χ0n) is 10.6. The smallest absolute Gasteiger partial charge is 0.357 e. The number of anilines is 1. The van der Waals surface area contributed by atoms with Gasteiger partial charge in [0, 0.05) is 26.2 Å². The van der Waals surface area contributed by atoms with Crippen LogP contribution in [-0.2, 0) is 6.18 Å². The summed E-state index contributed by atoms with van der Waals surface area (Å²) in [5.74, 6) is 0.425. The summed E-state index contributed by atoms with van der Waals surface area (Å²) < 4.78 is 36.9. The first-order chi connectivity index (χ1) is 8.30. The number of nitrogens with zero attached hydrogens (tertiary/aromatic N) is 3. The minimum absolute atomic E-state index is 0.372. The molecule has 1 heterocycles. The van der Waals surface area contributed by atoms with Gasteiger partial charge in [-0.1, -0.05) is 13.8 Å². The molecule has 0 fully saturated rings. The van der Waals surface area contributed by atoms with Crippen molar-refractivity contribution in [1.29, 1.82) is 0 Å². The molecule has 0 radical (unpaired) electrons. The number of alkyl halides is 3. The van der Waals surface area contributed by atoms with Crippen LogP contribution in [0.15, 0.2) is 12.1 Å². The Labute approximate surface area is 104 Å². The van der Waals surface area contributed by atoms with E-state index in [1.807, 2.05) is 13.8 Å². The number of hydrogen-bond donors (Lipinski definition) is 1. The van der Waals surface area contributed by atoms with Crippen LogP contribution in [0.2, 0.25) is 0 Å². The number of rotatable bonds is 5. The van der Waals surface area contributed by atoms with E-state index < -0.39 is 11.9 Å². The Morgan fingerprint density at radius 1 is 1.28 bits per heavy atom. The molecule has 0 aliphatic heterocycles. The first-order valence-corrected chi connectivity index (χ1v) is 5.66. The van der Waals surface area contributed by atoms with Crippen LogP contribution in [0.25, 0.3) is 0 Å². The molecule has 0 atom stereocenters. The lowest BCUT2D eigenvalue weighted by atomic mass is 10.3. The van der Waals surface area contributed by atoms with Gasteiger partial charge in [-0.15, -0.1) is 10.2 Å². The molecule has 0 saturated carbocycles. The Kier molecular flexibility index (Phi) is 4.89. The molecular formula is C11H17F3N4. The number of halogens is 3. The lowest BCUT2D eigenvalue weighted by Crippen LogP contribution is -2.33. The van der Waals surface area contributed by atoms with Crippen LogP contribution in [-0.4, -0.2) is 36.4 Å². The van der Waals surface area contributed by atoms with E-state index in [-0.39, 0.29) is 0 Å². The minimum atomic E-state index is -4.44. The maximum atomic E-state index is 12.3. The normalized spacial score (nSPS) is 11.9. The van der Waals surface area contributed by atoms with E-state index in [4.69, 9.17) is 0 Å². The number of hydrogen-bond acceptors (Lipinski definition) is 4. The van der Waals surface area contributed by atoms with Crippen LogP contribution in [0.5, 0.6) is 0 Å². The standard InChI is InChI=1S/C11H17F3N4/c1-8(2)15-6-7-18(3)10-5-4-9(16-17-10)11(12,13)14/h4-5,8,15H,6-7H2,1-3H3. The van der Waals surface area contributed by atoms with Gasteiger partial charge in [0.25, 0.3) is 0 Å². The van der Waals surface area contributed by atoms with E-state index in [0.717, 1.165) is 12.6 Å². The average Bonchev–Trinajstić information content (AvgIpc) is 2.27. The zero-order chi connectivity index (χ0) is 13.8. The van der Waals surface area contributed by atoms with Crippen LogP contribution in [0.4, 0.5) is 19.0 Å². The van der Waals surface area contributed by atoms with Crippen molar-refractivity contribution in [1.82, 2.24) is 15.5 Å². The number of likely N-dealkylation sites (N-methyl/N-ethyl adjacent to an activating group) is 1. The van der Waals surface area contributed by atoms with E-state index in [1.165, 1.54) is 6.07 Å². The van der Waals surface area contributed by atoms with Crippen molar-refractivity contribution in [3.8, 4) is 0 Å². The summed E-state index contributed by atoms with van der Waals surface area (Å²) in [5, 5.41) is 9.96. The Hall–Kier alpha value is -1.37. The van der Waals surface area contributed by atoms with Crippen LogP contribution in [0.3, 0.4) is 0 Å². The SMILES string of the molecule is CC(C)NCCN(C)c1ccc(C(F)(F)F)nn1. The Balaban J connectivity index is 2.56. The molecule has 18 heavy (non-hydrogen) atoms. The highest BCUT2D eigenvalue weighted by Crippen LogP contribution is 2.27. The van der Waals surface area contributed by atoms with E-state index >= 15 is 0 Å². The topological polar surface area (TPSA) is 41.0 Å². The molecule has 0 aromatic carbocycles. The second-order valence-corrected chi connectivity index (χ2v) is 4.30. The predicted molar refractivity (Wildman–Crippen MR) is 63.4 cm³/mol. The molecule has 1 N–H and O–H groups in total. The molecular weight excluding hydrogens is 245 g/mol. The lowest BCUT2D eigenvalue weighted by Gasteiger charge is -2.19. The molecule has 0 saturated heterocycles. The summed E-state index contributed by atoms with van der Waals surface area (Å²) in [6, 6.07) is 2.64. The van der Waals surface area contributed by atoms with Gasteiger partial charge in [-0.05, 0) is 12.1 Å². The van der Waals surface area contributed by atoms with Crippen LogP contribution < -0.4 is 10.2 Å². The lowest BCUT2D eigenvalue weighted by molar-refractivity contribution is -0.141. The molecule has 0 amide bonds. The van der Waals surface area contributed by atoms with Crippen molar-refractivity contribution in [2.45, 2.75) is 26.1 Å². The van der Waals surface area contributed by atoms with Gasteiger partial charge in [0.15, 0.2) is 11.5 Å². The fourth-order valence-corrected chi connectivity index (χ4v) is 1.32. The second-order valence-electron chi connectivity index (χ2n) is 4.30.